The molecular formula is C24H26BrN5O. The number of nitrogens with zero attached hydrogens (tertiary/aromatic N) is 4. The van der Waals surface area contributed by atoms with Crippen molar-refractivity contribution < 1.29 is 4.79 Å². The molecule has 4 aromatic rings. The van der Waals surface area contributed by atoms with E-state index >= 15 is 0 Å². The van der Waals surface area contributed by atoms with Crippen molar-refractivity contribution in [3.05, 3.63) is 52.5 Å². The third-order valence-corrected chi connectivity index (χ3v) is 6.88. The highest BCUT2D eigenvalue weighted by Gasteiger charge is 2.24. The first kappa shape index (κ1) is 20.3. The Bertz CT molecular complexity index is 1300. The Kier molecular flexibility index (Phi) is 5.10. The molecule has 6 nitrogen and oxygen atoms in total. The van der Waals surface area contributed by atoms with E-state index in [2.05, 4.69) is 62.3 Å². The van der Waals surface area contributed by atoms with Gasteiger partial charge in [-0.05, 0) is 60.0 Å². The fourth-order valence-electron chi connectivity index (χ4n) is 4.76. The fourth-order valence-corrected chi connectivity index (χ4v) is 5.48. The molecule has 5 rings (SSSR count). The SMILES string of the molecule is CCn1c(-c2nc3cc(C(=O)N4CCC[C@@H](N)C4)cc(Br)c3n2C)cc2ccccc21. The summed E-state index contributed by atoms with van der Waals surface area (Å²) in [5, 5.41) is 1.20. The van der Waals surface area contributed by atoms with Crippen molar-refractivity contribution in [1.29, 1.82) is 0 Å². The summed E-state index contributed by atoms with van der Waals surface area (Å²) < 4.78 is 5.26. The first-order valence-corrected chi connectivity index (χ1v) is 11.6. The molecule has 1 atom stereocenters. The number of para-hydroxylation sites is 1. The van der Waals surface area contributed by atoms with Crippen LogP contribution in [0.15, 0.2) is 46.9 Å². The zero-order chi connectivity index (χ0) is 21.7. The summed E-state index contributed by atoms with van der Waals surface area (Å²) in [6.07, 6.45) is 1.92. The highest BCUT2D eigenvalue weighted by Crippen LogP contribution is 2.33. The van der Waals surface area contributed by atoms with Gasteiger partial charge in [-0.3, -0.25) is 4.79 Å². The van der Waals surface area contributed by atoms with E-state index in [0.29, 0.717) is 12.1 Å². The second-order valence-corrected chi connectivity index (χ2v) is 9.16. The van der Waals surface area contributed by atoms with Gasteiger partial charge in [0.1, 0.15) is 0 Å². The van der Waals surface area contributed by atoms with Gasteiger partial charge in [-0.25, -0.2) is 4.98 Å². The summed E-state index contributed by atoms with van der Waals surface area (Å²) in [6, 6.07) is 14.5. The number of hydrogen-bond donors (Lipinski definition) is 1. The molecule has 31 heavy (non-hydrogen) atoms. The normalized spacial score (nSPS) is 17.0. The third kappa shape index (κ3) is 3.36. The van der Waals surface area contributed by atoms with Crippen LogP contribution in [0, 0.1) is 0 Å². The number of benzene rings is 2. The monoisotopic (exact) mass is 479 g/mol. The summed E-state index contributed by atoms with van der Waals surface area (Å²) in [5.74, 6) is 0.908. The Labute approximate surface area is 189 Å². The highest BCUT2D eigenvalue weighted by atomic mass is 79.9. The quantitative estimate of drug-likeness (QED) is 0.468. The number of aromatic nitrogens is 3. The number of amides is 1. The molecule has 2 N–H and O–H groups in total. The summed E-state index contributed by atoms with van der Waals surface area (Å²) >= 11 is 3.70. The van der Waals surface area contributed by atoms with Crippen molar-refractivity contribution in [3.63, 3.8) is 0 Å². The van der Waals surface area contributed by atoms with E-state index in [-0.39, 0.29) is 11.9 Å². The molecule has 1 fully saturated rings. The summed E-state index contributed by atoms with van der Waals surface area (Å²) in [6.45, 7) is 4.37. The molecule has 1 amide bonds. The van der Waals surface area contributed by atoms with E-state index in [9.17, 15) is 4.79 Å². The van der Waals surface area contributed by atoms with Gasteiger partial charge < -0.3 is 19.8 Å². The Morgan fingerprint density at radius 3 is 2.84 bits per heavy atom. The molecule has 0 unspecified atom stereocenters. The van der Waals surface area contributed by atoms with E-state index in [0.717, 1.165) is 53.0 Å². The second kappa shape index (κ2) is 7.80. The van der Waals surface area contributed by atoms with E-state index in [1.807, 2.05) is 24.1 Å². The molecule has 0 bridgehead atoms. The second-order valence-electron chi connectivity index (χ2n) is 8.31. The van der Waals surface area contributed by atoms with Gasteiger partial charge in [-0.2, -0.15) is 0 Å². The topological polar surface area (TPSA) is 69.1 Å². The lowest BCUT2D eigenvalue weighted by Gasteiger charge is -2.30. The predicted octanol–water partition coefficient (Wildman–Crippen LogP) is 4.54. The van der Waals surface area contributed by atoms with Crippen LogP contribution in [0.1, 0.15) is 30.1 Å². The lowest BCUT2D eigenvalue weighted by molar-refractivity contribution is 0.0709. The lowest BCUT2D eigenvalue weighted by atomic mass is 10.1. The van der Waals surface area contributed by atoms with Gasteiger partial charge in [0, 0.05) is 53.7 Å². The van der Waals surface area contributed by atoms with E-state index in [1.54, 1.807) is 0 Å². The van der Waals surface area contributed by atoms with Crippen molar-refractivity contribution in [1.82, 2.24) is 19.0 Å². The van der Waals surface area contributed by atoms with E-state index < -0.39 is 0 Å². The number of halogens is 1. The average molecular weight is 480 g/mol. The molecule has 1 aliphatic heterocycles. The summed E-state index contributed by atoms with van der Waals surface area (Å²) in [4.78, 5) is 20.0. The van der Waals surface area contributed by atoms with Crippen LogP contribution in [0.3, 0.4) is 0 Å². The van der Waals surface area contributed by atoms with Crippen LogP contribution < -0.4 is 5.73 Å². The van der Waals surface area contributed by atoms with Gasteiger partial charge in [0.25, 0.3) is 5.91 Å². The minimum Gasteiger partial charge on any atom is -0.338 e. The number of aryl methyl sites for hydroxylation is 2. The minimum absolute atomic E-state index is 0.0209. The largest absolute Gasteiger partial charge is 0.338 e. The third-order valence-electron chi connectivity index (χ3n) is 6.27. The number of fused-ring (bicyclic) bond motifs is 2. The Balaban J connectivity index is 1.62. The van der Waals surface area contributed by atoms with Crippen LogP contribution >= 0.6 is 15.9 Å². The smallest absolute Gasteiger partial charge is 0.254 e. The number of likely N-dealkylation sites (tertiary alicyclic amines) is 1. The van der Waals surface area contributed by atoms with E-state index in [1.165, 1.54) is 10.9 Å². The maximum absolute atomic E-state index is 13.1. The standard InChI is InChI=1S/C24H26BrN5O/c1-3-30-20-9-5-4-7-15(20)13-21(30)23-27-19-12-16(11-18(25)22(19)28(23)2)24(31)29-10-6-8-17(26)14-29/h4-5,7,9,11-13,17H,3,6,8,10,14,26H2,1-2H3/t17-/m1/s1. The number of rotatable bonds is 3. The molecule has 1 saturated heterocycles. The van der Waals surface area contributed by atoms with Crippen LogP contribution in [0.25, 0.3) is 33.5 Å². The lowest BCUT2D eigenvalue weighted by Crippen LogP contribution is -2.45. The first-order valence-electron chi connectivity index (χ1n) is 10.8. The molecule has 0 aliphatic carbocycles. The van der Waals surface area contributed by atoms with Gasteiger partial charge in [-0.1, -0.05) is 18.2 Å². The molecular weight excluding hydrogens is 454 g/mol. The van der Waals surface area contributed by atoms with Gasteiger partial charge in [-0.15, -0.1) is 0 Å². The highest BCUT2D eigenvalue weighted by molar-refractivity contribution is 9.10. The van der Waals surface area contributed by atoms with Crippen molar-refractivity contribution in [2.45, 2.75) is 32.4 Å². The van der Waals surface area contributed by atoms with Gasteiger partial charge in [0.15, 0.2) is 5.82 Å². The number of carbonyl (C=O) groups is 1. The van der Waals surface area contributed by atoms with Crippen LogP contribution in [0.5, 0.6) is 0 Å². The zero-order valence-corrected chi connectivity index (χ0v) is 19.4. The molecule has 3 heterocycles. The summed E-state index contributed by atoms with van der Waals surface area (Å²) in [7, 11) is 2.03. The van der Waals surface area contributed by atoms with Gasteiger partial charge in [0.2, 0.25) is 0 Å². The molecule has 2 aromatic heterocycles. The molecule has 0 saturated carbocycles. The molecule has 2 aromatic carbocycles. The van der Waals surface area contributed by atoms with Crippen molar-refractivity contribution in [2.75, 3.05) is 13.1 Å². The van der Waals surface area contributed by atoms with Gasteiger partial charge >= 0.3 is 0 Å². The van der Waals surface area contributed by atoms with Crippen LogP contribution in [-0.4, -0.2) is 44.1 Å². The summed E-state index contributed by atoms with van der Waals surface area (Å²) in [5.41, 5.74) is 10.8. The van der Waals surface area contributed by atoms with Gasteiger partial charge in [0.05, 0.1) is 16.7 Å². The number of nitrogens with two attached hydrogens (primary N) is 1. The van der Waals surface area contributed by atoms with Crippen molar-refractivity contribution in [3.8, 4) is 11.5 Å². The average Bonchev–Trinajstić information content (AvgIpc) is 3.30. The minimum atomic E-state index is 0.0209. The van der Waals surface area contributed by atoms with Crippen molar-refractivity contribution in [2.24, 2.45) is 12.8 Å². The number of hydrogen-bond acceptors (Lipinski definition) is 3. The number of piperidine rings is 1. The first-order chi connectivity index (χ1) is 15.0. The molecule has 7 heteroatoms. The number of imidazole rings is 1. The maximum Gasteiger partial charge on any atom is 0.254 e. The van der Waals surface area contributed by atoms with E-state index in [4.69, 9.17) is 10.7 Å². The molecule has 0 spiro atoms. The predicted molar refractivity (Wildman–Crippen MR) is 128 cm³/mol. The Hall–Kier alpha value is -2.64. The Morgan fingerprint density at radius 2 is 2.06 bits per heavy atom. The van der Waals surface area contributed by atoms with Crippen LogP contribution in [0.2, 0.25) is 0 Å². The maximum atomic E-state index is 13.1. The molecule has 160 valence electrons. The fraction of sp³-hybridized carbons (Fsp3) is 0.333. The zero-order valence-electron chi connectivity index (χ0n) is 17.8. The molecule has 0 radical (unpaired) electrons. The van der Waals surface area contributed by atoms with Crippen LogP contribution in [-0.2, 0) is 13.6 Å². The Morgan fingerprint density at radius 1 is 1.26 bits per heavy atom. The number of carbonyl (C=O) groups excluding carboxylic acids is 1. The van der Waals surface area contributed by atoms with Crippen LogP contribution in [0.4, 0.5) is 0 Å². The van der Waals surface area contributed by atoms with Crippen molar-refractivity contribution >= 4 is 43.8 Å². The molecule has 1 aliphatic rings.